The molecule has 3 aliphatic rings. The molecule has 2 amide bonds. The van der Waals surface area contributed by atoms with E-state index in [-0.39, 0.29) is 29.7 Å². The molecule has 1 aromatic carbocycles. The van der Waals surface area contributed by atoms with Crippen molar-refractivity contribution in [2.24, 2.45) is 5.10 Å². The van der Waals surface area contributed by atoms with Gasteiger partial charge in [-0.2, -0.15) is 5.10 Å². The third-order valence-electron chi connectivity index (χ3n) is 5.88. The molecule has 0 bridgehead atoms. The Morgan fingerprint density at radius 2 is 1.83 bits per heavy atom. The van der Waals surface area contributed by atoms with Gasteiger partial charge in [-0.25, -0.2) is 13.4 Å². The fraction of sp³-hybridized carbons (Fsp3) is 0.550. The number of hydrogen-bond donors (Lipinski definition) is 0. The van der Waals surface area contributed by atoms with E-state index in [4.69, 9.17) is 0 Å². The van der Waals surface area contributed by atoms with Crippen molar-refractivity contribution < 1.29 is 18.0 Å². The van der Waals surface area contributed by atoms with E-state index in [1.165, 1.54) is 16.3 Å². The van der Waals surface area contributed by atoms with Gasteiger partial charge in [0.05, 0.1) is 17.5 Å². The topological polar surface area (TPSA) is 90.4 Å². The van der Waals surface area contributed by atoms with E-state index in [0.717, 1.165) is 13.1 Å². The number of hydrazone groups is 1. The Kier molecular flexibility index (Phi) is 5.33. The number of piperazine rings is 1. The lowest BCUT2D eigenvalue weighted by Gasteiger charge is -2.37. The number of para-hydroxylation sites is 1. The average molecular weight is 419 g/mol. The van der Waals surface area contributed by atoms with Crippen molar-refractivity contribution in [2.75, 3.05) is 42.6 Å². The predicted octanol–water partition coefficient (Wildman–Crippen LogP) is 0.809. The van der Waals surface area contributed by atoms with Gasteiger partial charge in [-0.1, -0.05) is 18.2 Å². The summed E-state index contributed by atoms with van der Waals surface area (Å²) in [5, 5.41) is 5.56. The number of carbonyl (C=O) groups excluding carboxylic acids is 2. The van der Waals surface area contributed by atoms with E-state index in [1.54, 1.807) is 4.90 Å². The summed E-state index contributed by atoms with van der Waals surface area (Å²) >= 11 is 0. The minimum Gasteiger partial charge on any atom is -0.368 e. The zero-order chi connectivity index (χ0) is 20.6. The molecule has 2 saturated heterocycles. The summed E-state index contributed by atoms with van der Waals surface area (Å²) < 4.78 is 23.5. The fourth-order valence-corrected chi connectivity index (χ4v) is 5.92. The molecule has 1 aromatic rings. The molecule has 0 saturated carbocycles. The van der Waals surface area contributed by atoms with Gasteiger partial charge >= 0.3 is 0 Å². The molecule has 156 valence electrons. The van der Waals surface area contributed by atoms with Gasteiger partial charge in [0.15, 0.2) is 9.84 Å². The van der Waals surface area contributed by atoms with Crippen molar-refractivity contribution in [3.8, 4) is 0 Å². The van der Waals surface area contributed by atoms with Gasteiger partial charge in [0.1, 0.15) is 5.71 Å². The minimum absolute atomic E-state index is 0.0705. The summed E-state index contributed by atoms with van der Waals surface area (Å²) in [7, 11) is -3.13. The molecule has 0 N–H and O–H groups in total. The number of anilines is 1. The molecule has 4 rings (SSSR count). The summed E-state index contributed by atoms with van der Waals surface area (Å²) in [4.78, 5) is 29.3. The van der Waals surface area contributed by atoms with Gasteiger partial charge in [0.2, 0.25) is 5.91 Å². The standard InChI is InChI=1S/C20H26N4O4S/c1-15-4-2-3-5-18(15)22-9-11-23(12-10-22)20(26)17-6-7-19(25)24(21-17)16-8-13-29(27,28)14-16/h2-5,16H,6-14H2,1H3/t16-/m0/s1. The fourth-order valence-electron chi connectivity index (χ4n) is 4.23. The number of nitrogens with zero attached hydrogens (tertiary/aromatic N) is 4. The molecule has 0 spiro atoms. The predicted molar refractivity (Wildman–Crippen MR) is 111 cm³/mol. The van der Waals surface area contributed by atoms with E-state index in [1.807, 2.05) is 12.1 Å². The quantitative estimate of drug-likeness (QED) is 0.725. The number of sulfone groups is 1. The largest absolute Gasteiger partial charge is 0.368 e. The van der Waals surface area contributed by atoms with E-state index in [2.05, 4.69) is 29.1 Å². The highest BCUT2D eigenvalue weighted by Crippen LogP contribution is 2.24. The van der Waals surface area contributed by atoms with Crippen LogP contribution in [-0.2, 0) is 19.4 Å². The van der Waals surface area contributed by atoms with Crippen LogP contribution in [0.2, 0.25) is 0 Å². The van der Waals surface area contributed by atoms with E-state index >= 15 is 0 Å². The maximum absolute atomic E-state index is 13.0. The van der Waals surface area contributed by atoms with Crippen molar-refractivity contribution in [3.63, 3.8) is 0 Å². The third kappa shape index (κ3) is 4.14. The van der Waals surface area contributed by atoms with E-state index < -0.39 is 15.9 Å². The number of amides is 2. The molecule has 3 aliphatic heterocycles. The maximum Gasteiger partial charge on any atom is 0.270 e. The highest BCUT2D eigenvalue weighted by molar-refractivity contribution is 7.91. The Bertz CT molecular complexity index is 951. The van der Waals surface area contributed by atoms with Crippen LogP contribution in [0.4, 0.5) is 5.69 Å². The molecule has 29 heavy (non-hydrogen) atoms. The maximum atomic E-state index is 13.0. The third-order valence-corrected chi connectivity index (χ3v) is 7.63. The Morgan fingerprint density at radius 1 is 1.10 bits per heavy atom. The Balaban J connectivity index is 1.42. The van der Waals surface area contributed by atoms with Crippen molar-refractivity contribution in [1.82, 2.24) is 9.91 Å². The lowest BCUT2D eigenvalue weighted by Crippen LogP contribution is -2.52. The second kappa shape index (κ2) is 7.78. The molecule has 3 heterocycles. The van der Waals surface area contributed by atoms with Crippen LogP contribution in [0.15, 0.2) is 29.4 Å². The van der Waals surface area contributed by atoms with Gasteiger partial charge in [-0.15, -0.1) is 0 Å². The summed E-state index contributed by atoms with van der Waals surface area (Å²) in [5.74, 6) is -0.347. The highest BCUT2D eigenvalue weighted by Gasteiger charge is 2.38. The Morgan fingerprint density at radius 3 is 2.48 bits per heavy atom. The molecule has 0 unspecified atom stereocenters. The summed E-state index contributed by atoms with van der Waals surface area (Å²) in [6.45, 7) is 4.76. The van der Waals surface area contributed by atoms with Crippen molar-refractivity contribution in [3.05, 3.63) is 29.8 Å². The van der Waals surface area contributed by atoms with Crippen LogP contribution in [0.1, 0.15) is 24.8 Å². The molecule has 1 atom stereocenters. The zero-order valence-electron chi connectivity index (χ0n) is 16.6. The van der Waals surface area contributed by atoms with Gasteiger partial charge < -0.3 is 9.80 Å². The first kappa shape index (κ1) is 19.9. The van der Waals surface area contributed by atoms with Gasteiger partial charge in [-0.05, 0) is 25.0 Å². The number of aryl methyl sites for hydroxylation is 1. The summed E-state index contributed by atoms with van der Waals surface area (Å²) in [6.07, 6.45) is 0.893. The van der Waals surface area contributed by atoms with Crippen LogP contribution in [0, 0.1) is 6.92 Å². The first-order valence-electron chi connectivity index (χ1n) is 10.0. The molecule has 0 radical (unpaired) electrons. The first-order valence-corrected chi connectivity index (χ1v) is 11.9. The zero-order valence-corrected chi connectivity index (χ0v) is 17.4. The number of rotatable bonds is 3. The molecular formula is C20H26N4O4S. The van der Waals surface area contributed by atoms with E-state index in [0.29, 0.717) is 31.6 Å². The Labute approximate surface area is 171 Å². The van der Waals surface area contributed by atoms with Crippen LogP contribution < -0.4 is 4.90 Å². The molecule has 2 fully saturated rings. The molecule has 8 nitrogen and oxygen atoms in total. The highest BCUT2D eigenvalue weighted by atomic mass is 32.2. The number of carbonyl (C=O) groups is 2. The van der Waals surface area contributed by atoms with Crippen LogP contribution in [0.5, 0.6) is 0 Å². The van der Waals surface area contributed by atoms with Gasteiger partial charge in [0, 0.05) is 44.7 Å². The lowest BCUT2D eigenvalue weighted by molar-refractivity contribution is -0.134. The van der Waals surface area contributed by atoms with Crippen molar-refractivity contribution in [2.45, 2.75) is 32.2 Å². The van der Waals surface area contributed by atoms with Crippen LogP contribution in [0.25, 0.3) is 0 Å². The Hall–Kier alpha value is -2.42. The smallest absolute Gasteiger partial charge is 0.270 e. The average Bonchev–Trinajstić information content (AvgIpc) is 3.08. The SMILES string of the molecule is Cc1ccccc1N1CCN(C(=O)C2=NN([C@H]3CCS(=O)(=O)C3)C(=O)CC2)CC1. The molecule has 0 aromatic heterocycles. The van der Waals surface area contributed by atoms with Gasteiger partial charge in [0.25, 0.3) is 5.91 Å². The monoisotopic (exact) mass is 418 g/mol. The minimum atomic E-state index is -3.13. The molecular weight excluding hydrogens is 392 g/mol. The van der Waals surface area contributed by atoms with E-state index in [9.17, 15) is 18.0 Å². The number of hydrogen-bond acceptors (Lipinski definition) is 6. The normalized spacial score (nSPS) is 24.6. The van der Waals surface area contributed by atoms with Gasteiger partial charge in [-0.3, -0.25) is 9.59 Å². The molecule has 0 aliphatic carbocycles. The van der Waals surface area contributed by atoms with Crippen molar-refractivity contribution >= 4 is 33.1 Å². The lowest BCUT2D eigenvalue weighted by atomic mass is 10.1. The van der Waals surface area contributed by atoms with Crippen molar-refractivity contribution in [1.29, 1.82) is 0 Å². The summed E-state index contributed by atoms with van der Waals surface area (Å²) in [6, 6.07) is 7.76. The van der Waals surface area contributed by atoms with Crippen LogP contribution in [-0.4, -0.2) is 79.6 Å². The number of benzene rings is 1. The second-order valence-corrected chi connectivity index (χ2v) is 10.1. The molecule has 9 heteroatoms. The van der Waals surface area contributed by atoms with Crippen LogP contribution >= 0.6 is 0 Å². The summed E-state index contributed by atoms with van der Waals surface area (Å²) in [5.41, 5.74) is 2.76. The van der Waals surface area contributed by atoms with Crippen LogP contribution in [0.3, 0.4) is 0 Å². The second-order valence-electron chi connectivity index (χ2n) is 7.91. The first-order chi connectivity index (χ1) is 13.8.